The van der Waals surface area contributed by atoms with E-state index >= 15 is 0 Å². The fourth-order valence-corrected chi connectivity index (χ4v) is 3.88. The van der Waals surface area contributed by atoms with Gasteiger partial charge in [-0.1, -0.05) is 6.92 Å². The number of rotatable bonds is 9. The Hall–Kier alpha value is -1.55. The Morgan fingerprint density at radius 1 is 1.21 bits per heavy atom. The van der Waals surface area contributed by atoms with Crippen LogP contribution < -0.4 is 24.8 Å². The average Bonchev–Trinajstić information content (AvgIpc) is 2.64. The minimum absolute atomic E-state index is 0. The molecule has 1 aromatic rings. The number of hydrogen-bond acceptors (Lipinski definition) is 6. The van der Waals surface area contributed by atoms with Crippen molar-refractivity contribution >= 4 is 28.3 Å². The number of ether oxygens (including phenoxy) is 2. The number of nitrogens with one attached hydrogen (secondary N) is 3. The molecule has 2 atom stereocenters. The van der Waals surface area contributed by atoms with Crippen LogP contribution >= 0.6 is 12.4 Å². The van der Waals surface area contributed by atoms with Gasteiger partial charge in [0.15, 0.2) is 11.5 Å². The van der Waals surface area contributed by atoms with Crippen molar-refractivity contribution in [3.63, 3.8) is 0 Å². The summed E-state index contributed by atoms with van der Waals surface area (Å²) in [7, 11) is -3.84. The molecule has 1 amide bonds. The van der Waals surface area contributed by atoms with Crippen LogP contribution in [0.5, 0.6) is 11.5 Å². The first kappa shape index (κ1) is 24.5. The summed E-state index contributed by atoms with van der Waals surface area (Å²) in [6.07, 6.45) is 0.975. The van der Waals surface area contributed by atoms with Gasteiger partial charge in [-0.2, -0.15) is 0 Å². The molecule has 28 heavy (non-hydrogen) atoms. The fraction of sp³-hybridized carbons (Fsp3) is 0.611. The van der Waals surface area contributed by atoms with Crippen LogP contribution in [-0.4, -0.2) is 53.2 Å². The van der Waals surface area contributed by atoms with Gasteiger partial charge in [0.05, 0.1) is 24.7 Å². The molecule has 0 bridgehead atoms. The molecule has 1 saturated heterocycles. The molecule has 0 spiro atoms. The maximum absolute atomic E-state index is 12.5. The molecule has 0 saturated carbocycles. The highest BCUT2D eigenvalue weighted by molar-refractivity contribution is 7.89. The molecule has 0 radical (unpaired) electrons. The summed E-state index contributed by atoms with van der Waals surface area (Å²) >= 11 is 0. The van der Waals surface area contributed by atoms with Crippen LogP contribution in [0, 0.1) is 5.92 Å². The number of piperidine rings is 1. The number of hydrogen-bond donors (Lipinski definition) is 3. The second-order valence-electron chi connectivity index (χ2n) is 6.44. The van der Waals surface area contributed by atoms with Crippen LogP contribution in [0.1, 0.15) is 27.2 Å². The van der Waals surface area contributed by atoms with E-state index in [4.69, 9.17) is 9.47 Å². The second kappa shape index (κ2) is 11.5. The van der Waals surface area contributed by atoms with E-state index in [0.717, 1.165) is 13.0 Å². The predicted octanol–water partition coefficient (Wildman–Crippen LogP) is 1.30. The highest BCUT2D eigenvalue weighted by atomic mass is 35.5. The summed E-state index contributed by atoms with van der Waals surface area (Å²) in [6.45, 7) is 7.85. The summed E-state index contributed by atoms with van der Waals surface area (Å²) < 4.78 is 38.3. The van der Waals surface area contributed by atoms with E-state index in [1.165, 1.54) is 12.1 Å². The van der Waals surface area contributed by atoms with Gasteiger partial charge >= 0.3 is 0 Å². The molecule has 8 nitrogen and oxygen atoms in total. The Labute approximate surface area is 173 Å². The molecule has 1 aromatic carbocycles. The lowest BCUT2D eigenvalue weighted by atomic mass is 9.95. The molecule has 0 aliphatic carbocycles. The molecule has 3 N–H and O–H groups in total. The topological polar surface area (TPSA) is 106 Å². The SMILES string of the molecule is CCOc1ccc(S(=O)(=O)NCC(=O)NC2CNCCC2C)cc1OCC.Cl. The van der Waals surface area contributed by atoms with Crippen molar-refractivity contribution in [3.05, 3.63) is 18.2 Å². The monoisotopic (exact) mass is 435 g/mol. The van der Waals surface area contributed by atoms with Crippen LogP contribution in [0.2, 0.25) is 0 Å². The zero-order chi connectivity index (χ0) is 19.9. The van der Waals surface area contributed by atoms with Crippen molar-refractivity contribution in [2.24, 2.45) is 5.92 Å². The maximum Gasteiger partial charge on any atom is 0.241 e. The van der Waals surface area contributed by atoms with Crippen LogP contribution in [0.3, 0.4) is 0 Å². The van der Waals surface area contributed by atoms with Crippen molar-refractivity contribution < 1.29 is 22.7 Å². The number of sulfonamides is 1. The molecular weight excluding hydrogens is 406 g/mol. The molecule has 10 heteroatoms. The van der Waals surface area contributed by atoms with Gasteiger partial charge in [0.2, 0.25) is 15.9 Å². The zero-order valence-electron chi connectivity index (χ0n) is 16.5. The van der Waals surface area contributed by atoms with Crippen molar-refractivity contribution in [3.8, 4) is 11.5 Å². The van der Waals surface area contributed by atoms with Crippen molar-refractivity contribution in [1.29, 1.82) is 0 Å². The van der Waals surface area contributed by atoms with Crippen molar-refractivity contribution in [2.75, 3.05) is 32.8 Å². The Balaban J connectivity index is 0.00000392. The molecule has 160 valence electrons. The van der Waals surface area contributed by atoms with Crippen LogP contribution in [-0.2, 0) is 14.8 Å². The van der Waals surface area contributed by atoms with Gasteiger partial charge in [0.25, 0.3) is 0 Å². The van der Waals surface area contributed by atoms with E-state index < -0.39 is 10.0 Å². The van der Waals surface area contributed by atoms with Gasteiger partial charge in [0.1, 0.15) is 0 Å². The summed E-state index contributed by atoms with van der Waals surface area (Å²) in [5, 5.41) is 6.10. The smallest absolute Gasteiger partial charge is 0.241 e. The quantitative estimate of drug-likeness (QED) is 0.540. The predicted molar refractivity (Wildman–Crippen MR) is 110 cm³/mol. The average molecular weight is 436 g/mol. The van der Waals surface area contributed by atoms with E-state index in [1.54, 1.807) is 13.0 Å². The lowest BCUT2D eigenvalue weighted by Gasteiger charge is -2.30. The summed E-state index contributed by atoms with van der Waals surface area (Å²) in [6, 6.07) is 4.40. The lowest BCUT2D eigenvalue weighted by molar-refractivity contribution is -0.121. The Kier molecular flexibility index (Phi) is 10.0. The second-order valence-corrected chi connectivity index (χ2v) is 8.21. The van der Waals surface area contributed by atoms with Gasteiger partial charge in [-0.05, 0) is 44.9 Å². The van der Waals surface area contributed by atoms with Gasteiger partial charge in [-0.25, -0.2) is 13.1 Å². The Morgan fingerprint density at radius 2 is 1.89 bits per heavy atom. The minimum atomic E-state index is -3.84. The van der Waals surface area contributed by atoms with E-state index in [-0.39, 0.29) is 35.8 Å². The lowest BCUT2D eigenvalue weighted by Crippen LogP contribution is -2.52. The van der Waals surface area contributed by atoms with Crippen LogP contribution in [0.4, 0.5) is 0 Å². The van der Waals surface area contributed by atoms with E-state index in [1.807, 2.05) is 6.92 Å². The molecule has 2 rings (SSSR count). The van der Waals surface area contributed by atoms with Crippen molar-refractivity contribution in [1.82, 2.24) is 15.4 Å². The van der Waals surface area contributed by atoms with Crippen molar-refractivity contribution in [2.45, 2.75) is 38.1 Å². The zero-order valence-corrected chi connectivity index (χ0v) is 18.1. The minimum Gasteiger partial charge on any atom is -0.490 e. The van der Waals surface area contributed by atoms with E-state index in [0.29, 0.717) is 37.2 Å². The number of carbonyl (C=O) groups excluding carboxylic acids is 1. The molecule has 0 aromatic heterocycles. The largest absolute Gasteiger partial charge is 0.490 e. The number of amides is 1. The third-order valence-corrected chi connectivity index (χ3v) is 5.82. The van der Waals surface area contributed by atoms with Gasteiger partial charge in [-0.15, -0.1) is 12.4 Å². The first-order chi connectivity index (χ1) is 12.9. The third kappa shape index (κ3) is 6.80. The number of benzene rings is 1. The molecule has 1 fully saturated rings. The molecule has 2 unspecified atom stereocenters. The van der Waals surface area contributed by atoms with Gasteiger partial charge in [0, 0.05) is 18.7 Å². The first-order valence-electron chi connectivity index (χ1n) is 9.26. The third-order valence-electron chi connectivity index (χ3n) is 4.42. The highest BCUT2D eigenvalue weighted by Crippen LogP contribution is 2.30. The van der Waals surface area contributed by atoms with E-state index in [2.05, 4.69) is 22.3 Å². The molecule has 1 aliphatic heterocycles. The highest BCUT2D eigenvalue weighted by Gasteiger charge is 2.24. The fourth-order valence-electron chi connectivity index (χ4n) is 2.88. The maximum atomic E-state index is 12.5. The van der Waals surface area contributed by atoms with Crippen LogP contribution in [0.25, 0.3) is 0 Å². The summed E-state index contributed by atoms with van der Waals surface area (Å²) in [5.41, 5.74) is 0. The normalized spacial score (nSPS) is 19.4. The Morgan fingerprint density at radius 3 is 2.54 bits per heavy atom. The molecule has 1 aliphatic rings. The van der Waals surface area contributed by atoms with Crippen LogP contribution in [0.15, 0.2) is 23.1 Å². The summed E-state index contributed by atoms with van der Waals surface area (Å²) in [5.74, 6) is 0.838. The first-order valence-corrected chi connectivity index (χ1v) is 10.7. The number of carbonyl (C=O) groups is 1. The van der Waals surface area contributed by atoms with Gasteiger partial charge in [-0.3, -0.25) is 4.79 Å². The Bertz CT molecular complexity index is 745. The number of halogens is 1. The summed E-state index contributed by atoms with van der Waals surface area (Å²) in [4.78, 5) is 12.2. The molecule has 1 heterocycles. The van der Waals surface area contributed by atoms with Gasteiger partial charge < -0.3 is 20.1 Å². The standard InChI is InChI=1S/C18H29N3O5S.ClH/c1-4-25-16-7-6-14(10-17(16)26-5-2)27(23,24)20-12-18(22)21-15-11-19-9-8-13(15)3;/h6-7,10,13,15,19-20H,4-5,8-9,11-12H2,1-3H3,(H,21,22);1H. The molecular formula is C18H30ClN3O5S. The van der Waals surface area contributed by atoms with E-state index in [9.17, 15) is 13.2 Å².